The first-order valence-corrected chi connectivity index (χ1v) is 11.6. The predicted octanol–water partition coefficient (Wildman–Crippen LogP) is 1.73. The van der Waals surface area contributed by atoms with E-state index in [1.807, 2.05) is 0 Å². The SMILES string of the molecule is CC(=O)O[C@@H]1[C@@H](OC(C)=O)[C@@H](OC(C)=O)[C@@](O)(Oc2ccc(N3C(=O)c4ccccc4C3=O)cc2)O[C@H]1C. The fraction of sp³-hybridized carbons (Fsp3) is 0.346. The van der Waals surface area contributed by atoms with Crippen molar-refractivity contribution in [1.82, 2.24) is 0 Å². The normalized spacial score (nSPS) is 26.4. The van der Waals surface area contributed by atoms with Gasteiger partial charge < -0.3 is 28.8 Å². The standard InChI is InChI=1S/C26H25NO11/c1-13-21(34-14(2)28)22(35-15(3)29)23(36-16(4)30)26(33,37-13)38-18-11-9-17(10-12-18)27-24(31)19-7-5-6-8-20(19)25(27)32/h5-13,21-23,33H,1-4H3/t13-,21-,22+,23+,26-/m0/s1. The van der Waals surface area contributed by atoms with Gasteiger partial charge in [0, 0.05) is 20.8 Å². The number of amides is 2. The smallest absolute Gasteiger partial charge is 0.368 e. The second kappa shape index (κ2) is 10.2. The molecule has 2 aromatic carbocycles. The van der Waals surface area contributed by atoms with Crippen LogP contribution in [0.5, 0.6) is 5.75 Å². The molecule has 38 heavy (non-hydrogen) atoms. The number of anilines is 1. The van der Waals surface area contributed by atoms with Crippen LogP contribution in [0.15, 0.2) is 48.5 Å². The van der Waals surface area contributed by atoms with Crippen LogP contribution in [0.3, 0.4) is 0 Å². The molecule has 1 N–H and O–H groups in total. The van der Waals surface area contributed by atoms with Gasteiger partial charge in [-0.3, -0.25) is 24.0 Å². The molecule has 4 rings (SSSR count). The Morgan fingerprint density at radius 2 is 1.32 bits per heavy atom. The van der Waals surface area contributed by atoms with Crippen molar-refractivity contribution in [1.29, 1.82) is 0 Å². The van der Waals surface area contributed by atoms with E-state index in [2.05, 4.69) is 0 Å². The first-order valence-electron chi connectivity index (χ1n) is 11.6. The van der Waals surface area contributed by atoms with Crippen LogP contribution in [0.2, 0.25) is 0 Å². The van der Waals surface area contributed by atoms with E-state index in [0.717, 1.165) is 25.7 Å². The zero-order chi connectivity index (χ0) is 27.8. The van der Waals surface area contributed by atoms with Crippen molar-refractivity contribution in [3.05, 3.63) is 59.7 Å². The summed E-state index contributed by atoms with van der Waals surface area (Å²) >= 11 is 0. The summed E-state index contributed by atoms with van der Waals surface area (Å²) in [7, 11) is 0. The summed E-state index contributed by atoms with van der Waals surface area (Å²) in [6, 6.07) is 12.0. The molecule has 1 fully saturated rings. The first-order chi connectivity index (χ1) is 17.9. The number of aliphatic hydroxyl groups is 1. The number of hydrogen-bond donors (Lipinski definition) is 1. The minimum Gasteiger partial charge on any atom is -0.456 e. The zero-order valence-electron chi connectivity index (χ0n) is 20.9. The molecule has 0 aromatic heterocycles. The van der Waals surface area contributed by atoms with Gasteiger partial charge in [-0.15, -0.1) is 0 Å². The molecule has 2 aliphatic heterocycles. The van der Waals surface area contributed by atoms with Gasteiger partial charge in [0.1, 0.15) is 11.9 Å². The molecule has 0 aliphatic carbocycles. The highest BCUT2D eigenvalue weighted by Gasteiger charge is 2.60. The van der Waals surface area contributed by atoms with Gasteiger partial charge in [0.05, 0.1) is 16.8 Å². The molecule has 0 unspecified atom stereocenters. The van der Waals surface area contributed by atoms with E-state index in [0.29, 0.717) is 0 Å². The summed E-state index contributed by atoms with van der Waals surface area (Å²) in [5, 5.41) is 11.4. The van der Waals surface area contributed by atoms with Crippen molar-refractivity contribution < 1.29 is 52.8 Å². The molecule has 0 saturated carbocycles. The third-order valence-corrected chi connectivity index (χ3v) is 5.85. The average molecular weight is 527 g/mol. The van der Waals surface area contributed by atoms with Gasteiger partial charge in [0.25, 0.3) is 11.8 Å². The van der Waals surface area contributed by atoms with Crippen molar-refractivity contribution in [3.8, 4) is 5.75 Å². The van der Waals surface area contributed by atoms with Gasteiger partial charge in [-0.25, -0.2) is 4.90 Å². The summed E-state index contributed by atoms with van der Waals surface area (Å²) in [5.74, 6) is -6.06. The van der Waals surface area contributed by atoms with Crippen LogP contribution in [0.1, 0.15) is 48.4 Å². The third-order valence-electron chi connectivity index (χ3n) is 5.85. The van der Waals surface area contributed by atoms with E-state index >= 15 is 0 Å². The summed E-state index contributed by atoms with van der Waals surface area (Å²) in [4.78, 5) is 61.9. The van der Waals surface area contributed by atoms with E-state index in [4.69, 9.17) is 23.7 Å². The lowest BCUT2D eigenvalue weighted by atomic mass is 9.97. The fourth-order valence-electron chi connectivity index (χ4n) is 4.38. The van der Waals surface area contributed by atoms with E-state index in [-0.39, 0.29) is 22.6 Å². The lowest BCUT2D eigenvalue weighted by molar-refractivity contribution is -0.417. The van der Waals surface area contributed by atoms with Gasteiger partial charge in [-0.2, -0.15) is 0 Å². The minimum atomic E-state index is -2.68. The number of rotatable bonds is 6. The van der Waals surface area contributed by atoms with Gasteiger partial charge in [0.2, 0.25) is 6.10 Å². The molecule has 2 aliphatic rings. The molecule has 0 radical (unpaired) electrons. The van der Waals surface area contributed by atoms with Crippen molar-refractivity contribution in [2.75, 3.05) is 4.90 Å². The largest absolute Gasteiger partial charge is 0.456 e. The topological polar surface area (TPSA) is 155 Å². The van der Waals surface area contributed by atoms with Crippen molar-refractivity contribution >= 4 is 35.4 Å². The summed E-state index contributed by atoms with van der Waals surface area (Å²) in [5.41, 5.74) is 0.803. The number of fused-ring (bicyclic) bond motifs is 1. The van der Waals surface area contributed by atoms with Crippen molar-refractivity contribution in [3.63, 3.8) is 0 Å². The highest BCUT2D eigenvalue weighted by molar-refractivity contribution is 6.34. The number of carbonyl (C=O) groups is 5. The number of ether oxygens (including phenoxy) is 5. The van der Waals surface area contributed by atoms with Crippen molar-refractivity contribution in [2.45, 2.75) is 58.1 Å². The van der Waals surface area contributed by atoms with Gasteiger partial charge in [-0.1, -0.05) is 12.1 Å². The molecular formula is C26H25NO11. The molecule has 12 nitrogen and oxygen atoms in total. The number of imide groups is 1. The van der Waals surface area contributed by atoms with E-state index in [1.165, 1.54) is 31.2 Å². The second-order valence-corrected chi connectivity index (χ2v) is 8.72. The van der Waals surface area contributed by atoms with Gasteiger partial charge >= 0.3 is 23.9 Å². The lowest BCUT2D eigenvalue weighted by Crippen LogP contribution is -2.68. The first kappa shape index (κ1) is 26.8. The number of esters is 3. The summed E-state index contributed by atoms with van der Waals surface area (Å²) in [6.07, 6.45) is -5.55. The number of hydrogen-bond acceptors (Lipinski definition) is 11. The monoisotopic (exact) mass is 527 g/mol. The number of carbonyl (C=O) groups excluding carboxylic acids is 5. The Morgan fingerprint density at radius 3 is 1.82 bits per heavy atom. The Bertz CT molecular complexity index is 1260. The molecule has 2 heterocycles. The van der Waals surface area contributed by atoms with Gasteiger partial charge in [-0.05, 0) is 43.3 Å². The number of benzene rings is 2. The van der Waals surface area contributed by atoms with Crippen LogP contribution in [-0.4, -0.2) is 65.2 Å². The zero-order valence-corrected chi connectivity index (χ0v) is 20.9. The van der Waals surface area contributed by atoms with Crippen LogP contribution in [0.25, 0.3) is 0 Å². The van der Waals surface area contributed by atoms with Crippen LogP contribution >= 0.6 is 0 Å². The highest BCUT2D eigenvalue weighted by Crippen LogP contribution is 2.37. The summed E-state index contributed by atoms with van der Waals surface area (Å²) < 4.78 is 27.0. The van der Waals surface area contributed by atoms with E-state index in [1.54, 1.807) is 24.3 Å². The molecule has 0 spiro atoms. The highest BCUT2D eigenvalue weighted by atomic mass is 16.8. The van der Waals surface area contributed by atoms with Gasteiger partial charge in [0.15, 0.2) is 12.2 Å². The molecule has 2 aromatic rings. The Morgan fingerprint density at radius 1 is 0.816 bits per heavy atom. The molecule has 12 heteroatoms. The molecule has 0 bridgehead atoms. The van der Waals surface area contributed by atoms with E-state index in [9.17, 15) is 29.1 Å². The molecule has 200 valence electrons. The maximum atomic E-state index is 12.8. The van der Waals surface area contributed by atoms with Crippen LogP contribution in [0, 0.1) is 0 Å². The maximum Gasteiger partial charge on any atom is 0.368 e. The van der Waals surface area contributed by atoms with Crippen LogP contribution in [0.4, 0.5) is 5.69 Å². The van der Waals surface area contributed by atoms with E-state index < -0.39 is 60.1 Å². The molecule has 5 atom stereocenters. The predicted molar refractivity (Wildman–Crippen MR) is 127 cm³/mol. The van der Waals surface area contributed by atoms with Crippen LogP contribution < -0.4 is 9.64 Å². The lowest BCUT2D eigenvalue weighted by Gasteiger charge is -2.46. The molecule has 2 amide bonds. The summed E-state index contributed by atoms with van der Waals surface area (Å²) in [6.45, 7) is 4.72. The average Bonchev–Trinajstić information content (AvgIpc) is 3.09. The second-order valence-electron chi connectivity index (χ2n) is 8.72. The quantitative estimate of drug-likeness (QED) is 0.253. The van der Waals surface area contributed by atoms with Crippen molar-refractivity contribution in [2.24, 2.45) is 0 Å². The molecular weight excluding hydrogens is 502 g/mol. The number of nitrogens with zero attached hydrogens (tertiary/aromatic N) is 1. The Balaban J connectivity index is 1.62. The fourth-order valence-corrected chi connectivity index (χ4v) is 4.38. The Kier molecular flexibility index (Phi) is 7.20. The van der Waals surface area contributed by atoms with Crippen LogP contribution in [-0.2, 0) is 33.3 Å². The molecule has 1 saturated heterocycles. The third kappa shape index (κ3) is 5.08. The Labute approximate surface area is 217 Å². The Hall–Kier alpha value is -4.29. The minimum absolute atomic E-state index is 0.00952. The maximum absolute atomic E-state index is 12.8.